The second-order valence-electron chi connectivity index (χ2n) is 9.37. The van der Waals surface area contributed by atoms with E-state index in [1.807, 2.05) is 48.5 Å². The highest BCUT2D eigenvalue weighted by atomic mass is 32.2. The summed E-state index contributed by atoms with van der Waals surface area (Å²) in [6.45, 7) is -2.48. The molecule has 45 heavy (non-hydrogen) atoms. The molecule has 4 heterocycles. The van der Waals surface area contributed by atoms with E-state index in [2.05, 4.69) is 34.6 Å². The number of rotatable bonds is 12. The van der Waals surface area contributed by atoms with Gasteiger partial charge in [-0.3, -0.25) is 20.1 Å². The summed E-state index contributed by atoms with van der Waals surface area (Å²) < 4.78 is 56.8. The van der Waals surface area contributed by atoms with Crippen molar-refractivity contribution in [2.75, 3.05) is 20.2 Å². The van der Waals surface area contributed by atoms with Gasteiger partial charge in [0.25, 0.3) is 5.69 Å². The summed E-state index contributed by atoms with van der Waals surface area (Å²) >= 11 is 2.90. The topological polar surface area (TPSA) is 145 Å². The molecule has 0 saturated heterocycles. The lowest BCUT2D eigenvalue weighted by Crippen LogP contribution is -2.04. The fourth-order valence-electron chi connectivity index (χ4n) is 4.15. The Morgan fingerprint density at radius 1 is 0.822 bits per heavy atom. The van der Waals surface area contributed by atoms with E-state index in [0.29, 0.717) is 39.2 Å². The molecule has 0 saturated carbocycles. The first-order valence-electron chi connectivity index (χ1n) is 16.6. The monoisotopic (exact) mass is 649 g/mol. The first-order valence-corrected chi connectivity index (χ1v) is 15.5. The van der Waals surface area contributed by atoms with Crippen LogP contribution in [0.5, 0.6) is 5.75 Å². The van der Waals surface area contributed by atoms with Crippen LogP contribution in [0.2, 0.25) is 0 Å². The number of imidazole rings is 2. The summed E-state index contributed by atoms with van der Waals surface area (Å²) in [5, 5.41) is 12.4. The summed E-state index contributed by atoms with van der Waals surface area (Å²) in [6, 6.07) is 18.3. The quantitative estimate of drug-likeness (QED) is 0.0779. The van der Waals surface area contributed by atoms with Gasteiger partial charge in [0.05, 0.1) is 50.4 Å². The Morgan fingerprint density at radius 3 is 1.93 bits per heavy atom. The summed E-state index contributed by atoms with van der Waals surface area (Å²) in [6.07, 6.45) is -0.166. The summed E-state index contributed by atoms with van der Waals surface area (Å²) in [7, 11) is 0.971. The number of aromatic amines is 2. The maximum Gasteiger partial charge on any atom is 0.275 e. The normalized spacial score (nSPS) is 13.9. The standard InChI is InChI=1S/C18H21N3O2S.C14H12N4O2S/c1-13-16(19-9-8-17(13)23-11-5-10-22-2)12-24-18-20-14-6-3-4-7-15(14)21-18;1-9-12(15-7-6-13(9)18(19)20)8-21-14-16-10-4-2-3-5-11(10)17-14/h3-4,6-9H,5,10-12H2,1-2H3,(H,20,21);2-7H,8H2,1H3,(H,16,17)/i5D2,10D2,11D2;. The molecule has 0 spiro atoms. The molecule has 0 aliphatic carbocycles. The van der Waals surface area contributed by atoms with Crippen molar-refractivity contribution < 1.29 is 22.6 Å². The highest BCUT2D eigenvalue weighted by Crippen LogP contribution is 2.28. The van der Waals surface area contributed by atoms with Gasteiger partial charge in [-0.15, -0.1) is 0 Å². The van der Waals surface area contributed by atoms with Crippen molar-refractivity contribution in [2.24, 2.45) is 0 Å². The maximum absolute atomic E-state index is 10.9. The van der Waals surface area contributed by atoms with Crippen LogP contribution in [0.3, 0.4) is 0 Å². The molecule has 0 aliphatic rings. The number of ether oxygens (including phenoxy) is 2. The van der Waals surface area contributed by atoms with E-state index in [9.17, 15) is 10.1 Å². The van der Waals surface area contributed by atoms with E-state index in [1.165, 1.54) is 48.1 Å². The number of nitro groups is 1. The molecule has 2 aromatic carbocycles. The van der Waals surface area contributed by atoms with Gasteiger partial charge in [0.2, 0.25) is 0 Å². The highest BCUT2D eigenvalue weighted by Gasteiger charge is 2.15. The predicted molar refractivity (Wildman–Crippen MR) is 178 cm³/mol. The first kappa shape index (κ1) is 24.8. The number of fused-ring (bicyclic) bond motifs is 2. The molecule has 13 heteroatoms. The second kappa shape index (κ2) is 15.5. The van der Waals surface area contributed by atoms with Gasteiger partial charge < -0.3 is 19.4 Å². The van der Waals surface area contributed by atoms with Crippen LogP contribution in [-0.2, 0) is 16.2 Å². The molecule has 0 fully saturated rings. The fourth-order valence-corrected chi connectivity index (χ4v) is 5.97. The smallest absolute Gasteiger partial charge is 0.275 e. The van der Waals surface area contributed by atoms with Gasteiger partial charge in [-0.2, -0.15) is 0 Å². The van der Waals surface area contributed by atoms with Crippen LogP contribution < -0.4 is 4.74 Å². The molecular weight excluding hydrogens is 611 g/mol. The van der Waals surface area contributed by atoms with Gasteiger partial charge in [0.1, 0.15) is 5.75 Å². The van der Waals surface area contributed by atoms with Crippen LogP contribution in [0, 0.1) is 24.0 Å². The zero-order valence-corrected chi connectivity index (χ0v) is 26.2. The van der Waals surface area contributed by atoms with Gasteiger partial charge in [-0.05, 0) is 44.2 Å². The Morgan fingerprint density at radius 2 is 1.38 bits per heavy atom. The van der Waals surface area contributed by atoms with Crippen molar-refractivity contribution >= 4 is 51.3 Å². The molecule has 11 nitrogen and oxygen atoms in total. The van der Waals surface area contributed by atoms with Crippen LogP contribution in [-0.4, -0.2) is 55.1 Å². The Kier molecular flexibility index (Phi) is 8.55. The van der Waals surface area contributed by atoms with E-state index in [0.717, 1.165) is 34.3 Å². The molecule has 0 atom stereocenters. The SMILES string of the molecule is Cc1c([N+](=O)[O-])ccnc1CSc1nc2ccccc2[nH]1.[2H]C([2H])(OC)C([2H])([2H])C([2H])([2H])Oc1ccnc(CSc2nc3ccccc3[nH]2)c1C. The number of H-pyrrole nitrogens is 2. The molecule has 0 bridgehead atoms. The average molecular weight is 650 g/mol. The fraction of sp³-hybridized carbons (Fsp3) is 0.250. The van der Waals surface area contributed by atoms with Crippen molar-refractivity contribution in [1.29, 1.82) is 0 Å². The Hall–Kier alpha value is -4.46. The van der Waals surface area contributed by atoms with Crippen LogP contribution in [0.25, 0.3) is 22.1 Å². The molecule has 232 valence electrons. The second-order valence-corrected chi connectivity index (χ2v) is 11.3. The maximum atomic E-state index is 10.9. The van der Waals surface area contributed by atoms with Crippen molar-refractivity contribution in [3.63, 3.8) is 0 Å². The predicted octanol–water partition coefficient (Wildman–Crippen LogP) is 7.44. The van der Waals surface area contributed by atoms with Crippen LogP contribution >= 0.6 is 23.5 Å². The first-order chi connectivity index (χ1) is 24.1. The lowest BCUT2D eigenvalue weighted by molar-refractivity contribution is -0.385. The van der Waals surface area contributed by atoms with Gasteiger partial charge in [-0.25, -0.2) is 9.97 Å². The number of aromatic nitrogens is 6. The molecule has 0 aliphatic heterocycles. The zero-order chi connectivity index (χ0) is 37.0. The molecule has 2 N–H and O–H groups in total. The zero-order valence-electron chi connectivity index (χ0n) is 30.5. The molecule has 0 unspecified atom stereocenters. The van der Waals surface area contributed by atoms with E-state index in [-0.39, 0.29) is 16.4 Å². The van der Waals surface area contributed by atoms with Gasteiger partial charge in [0.15, 0.2) is 10.3 Å². The van der Waals surface area contributed by atoms with Crippen molar-refractivity contribution in [2.45, 2.75) is 42.0 Å². The van der Waals surface area contributed by atoms with Crippen molar-refractivity contribution in [1.82, 2.24) is 29.9 Å². The van der Waals surface area contributed by atoms with E-state index < -0.39 is 19.5 Å². The number of para-hydroxylation sites is 4. The Labute approximate surface area is 277 Å². The Bertz CT molecular complexity index is 2100. The van der Waals surface area contributed by atoms with Gasteiger partial charge in [-0.1, -0.05) is 47.8 Å². The lowest BCUT2D eigenvalue weighted by atomic mass is 10.2. The summed E-state index contributed by atoms with van der Waals surface area (Å²) in [4.78, 5) is 34.4. The van der Waals surface area contributed by atoms with Crippen LogP contribution in [0.4, 0.5) is 5.69 Å². The molecule has 0 radical (unpaired) electrons. The Balaban J connectivity index is 0.000000210. The molecule has 0 amide bonds. The molecular formula is C32H33N7O4S2. The lowest BCUT2D eigenvalue weighted by Gasteiger charge is -2.11. The molecule has 6 rings (SSSR count). The van der Waals surface area contributed by atoms with Crippen LogP contribution in [0.1, 0.15) is 37.1 Å². The summed E-state index contributed by atoms with van der Waals surface area (Å²) in [5.41, 5.74) is 6.20. The highest BCUT2D eigenvalue weighted by molar-refractivity contribution is 7.98. The van der Waals surface area contributed by atoms with E-state index in [1.54, 1.807) is 13.8 Å². The minimum absolute atomic E-state index is 0.0750. The number of hydrogen-bond acceptors (Lipinski definition) is 10. The third kappa shape index (κ3) is 8.38. The number of pyridine rings is 2. The van der Waals surface area contributed by atoms with Gasteiger partial charge in [0, 0.05) is 63.9 Å². The van der Waals surface area contributed by atoms with E-state index in [4.69, 9.17) is 13.0 Å². The third-order valence-corrected chi connectivity index (χ3v) is 8.30. The number of methoxy groups -OCH3 is 1. The number of benzene rings is 2. The summed E-state index contributed by atoms with van der Waals surface area (Å²) in [5.74, 6) is 1.04. The van der Waals surface area contributed by atoms with Crippen molar-refractivity contribution in [3.8, 4) is 5.75 Å². The minimum Gasteiger partial charge on any atom is -0.493 e. The van der Waals surface area contributed by atoms with E-state index >= 15 is 0 Å². The largest absolute Gasteiger partial charge is 0.493 e. The molecule has 4 aromatic heterocycles. The van der Waals surface area contributed by atoms with Crippen LogP contribution in [0.15, 0.2) is 83.4 Å². The molecule has 6 aromatic rings. The number of thioether (sulfide) groups is 2. The minimum atomic E-state index is -3.08. The van der Waals surface area contributed by atoms with Crippen molar-refractivity contribution in [3.05, 3.63) is 106 Å². The van der Waals surface area contributed by atoms with Gasteiger partial charge >= 0.3 is 0 Å². The third-order valence-electron chi connectivity index (χ3n) is 6.53. The number of nitrogens with zero attached hydrogens (tertiary/aromatic N) is 5. The number of hydrogen-bond donors (Lipinski definition) is 2. The number of nitrogens with one attached hydrogen (secondary N) is 2. The average Bonchev–Trinajstić information content (AvgIpc) is 3.72.